The fourth-order valence-corrected chi connectivity index (χ4v) is 5.40. The maximum Gasteiger partial charge on any atom is 0.272 e. The number of anilines is 1. The summed E-state index contributed by atoms with van der Waals surface area (Å²) in [4.78, 5) is 30.0. The van der Waals surface area contributed by atoms with Crippen molar-refractivity contribution in [3.63, 3.8) is 0 Å². The van der Waals surface area contributed by atoms with E-state index in [0.29, 0.717) is 40.8 Å². The van der Waals surface area contributed by atoms with Crippen molar-refractivity contribution >= 4 is 17.5 Å². The number of carbonyl (C=O) groups is 2. The van der Waals surface area contributed by atoms with E-state index in [4.69, 9.17) is 14.2 Å². The molecule has 1 aliphatic carbocycles. The summed E-state index contributed by atoms with van der Waals surface area (Å²) in [6, 6.07) is 13.6. The first kappa shape index (κ1) is 26.6. The van der Waals surface area contributed by atoms with Crippen LogP contribution >= 0.6 is 0 Å². The first-order valence-corrected chi connectivity index (χ1v) is 13.7. The molecule has 2 atom stereocenters. The lowest BCUT2D eigenvalue weighted by atomic mass is 9.94. The van der Waals surface area contributed by atoms with Crippen molar-refractivity contribution < 1.29 is 23.8 Å². The fourth-order valence-electron chi connectivity index (χ4n) is 5.40. The van der Waals surface area contributed by atoms with Gasteiger partial charge in [0, 0.05) is 36.6 Å². The Balaban J connectivity index is 1.57. The molecule has 0 unspecified atom stereocenters. The van der Waals surface area contributed by atoms with Crippen LogP contribution in [0.15, 0.2) is 54.7 Å². The highest BCUT2D eigenvalue weighted by Gasteiger charge is 2.41. The van der Waals surface area contributed by atoms with Crippen molar-refractivity contribution in [1.29, 1.82) is 0 Å². The minimum absolute atomic E-state index is 0.0283. The van der Waals surface area contributed by atoms with Gasteiger partial charge < -0.3 is 19.5 Å². The summed E-state index contributed by atoms with van der Waals surface area (Å²) in [5, 5.41) is 7.75. The van der Waals surface area contributed by atoms with Crippen molar-refractivity contribution in [1.82, 2.24) is 15.1 Å². The number of amides is 2. The van der Waals surface area contributed by atoms with Gasteiger partial charge in [-0.15, -0.1) is 0 Å². The summed E-state index contributed by atoms with van der Waals surface area (Å²) >= 11 is 0. The Bertz CT molecular complexity index is 1320. The van der Waals surface area contributed by atoms with Gasteiger partial charge in [-0.2, -0.15) is 5.10 Å². The summed E-state index contributed by atoms with van der Waals surface area (Å²) < 4.78 is 19.4. The van der Waals surface area contributed by atoms with Crippen molar-refractivity contribution in [2.24, 2.45) is 7.05 Å². The number of rotatable bonds is 8. The van der Waals surface area contributed by atoms with Crippen LogP contribution in [-0.2, 0) is 16.6 Å². The molecule has 0 spiro atoms. The summed E-state index contributed by atoms with van der Waals surface area (Å²) in [5.74, 6) is 1.05. The molecule has 2 heterocycles. The molecule has 2 aliphatic rings. The van der Waals surface area contributed by atoms with Crippen molar-refractivity contribution in [2.45, 2.75) is 64.1 Å². The van der Waals surface area contributed by atoms with Crippen LogP contribution in [0.5, 0.6) is 17.2 Å². The van der Waals surface area contributed by atoms with Gasteiger partial charge in [0.2, 0.25) is 12.0 Å². The van der Waals surface area contributed by atoms with Crippen LogP contribution < -0.4 is 24.4 Å². The van der Waals surface area contributed by atoms with E-state index in [0.717, 1.165) is 25.7 Å². The highest BCUT2D eigenvalue weighted by atomic mass is 16.6. The molecule has 1 fully saturated rings. The van der Waals surface area contributed by atoms with Gasteiger partial charge in [-0.3, -0.25) is 19.2 Å². The van der Waals surface area contributed by atoms with E-state index in [9.17, 15) is 9.59 Å². The van der Waals surface area contributed by atoms with Crippen LogP contribution in [0.1, 0.15) is 56.3 Å². The molecule has 0 saturated heterocycles. The quantitative estimate of drug-likeness (QED) is 0.459. The van der Waals surface area contributed by atoms with E-state index in [2.05, 4.69) is 10.4 Å². The molecule has 9 nitrogen and oxygen atoms in total. The van der Waals surface area contributed by atoms with Crippen molar-refractivity contribution in [3.8, 4) is 17.2 Å². The third-order valence-electron chi connectivity index (χ3n) is 7.23. The number of nitrogens with zero attached hydrogens (tertiary/aromatic N) is 3. The summed E-state index contributed by atoms with van der Waals surface area (Å²) in [7, 11) is 1.81. The standard InChI is InChI=1S/C30H36N4O5/c1-4-37-23-14-10-13-22(17-23)34(30(36)27-19-38-25-15-8-9-16-26(25)39-27)28(24-18-33(3)32-20(24)2)29(35)31-21-11-6-5-7-12-21/h8-10,13-18,21,27-28H,4-7,11-12,19H2,1-3H3,(H,31,35)/t27-,28-/m0/s1. The van der Waals surface area contributed by atoms with Crippen LogP contribution in [0.4, 0.5) is 5.69 Å². The summed E-state index contributed by atoms with van der Waals surface area (Å²) in [6.07, 6.45) is 6.04. The molecule has 1 saturated carbocycles. The molecule has 3 aromatic rings. The van der Waals surface area contributed by atoms with E-state index in [-0.39, 0.29) is 24.5 Å². The first-order chi connectivity index (χ1) is 18.9. The van der Waals surface area contributed by atoms with Crippen molar-refractivity contribution in [3.05, 3.63) is 66.0 Å². The lowest BCUT2D eigenvalue weighted by molar-refractivity contribution is -0.132. The molecule has 1 N–H and O–H groups in total. The molecule has 0 radical (unpaired) electrons. The van der Waals surface area contributed by atoms with Gasteiger partial charge in [-0.25, -0.2) is 0 Å². The molecular formula is C30H36N4O5. The zero-order chi connectivity index (χ0) is 27.4. The highest BCUT2D eigenvalue weighted by Crippen LogP contribution is 2.36. The maximum atomic E-state index is 14.4. The zero-order valence-corrected chi connectivity index (χ0v) is 22.8. The Labute approximate surface area is 229 Å². The molecule has 5 rings (SSSR count). The lowest BCUT2D eigenvalue weighted by Crippen LogP contribution is -2.52. The van der Waals surface area contributed by atoms with Crippen LogP contribution in [0.25, 0.3) is 0 Å². The van der Waals surface area contributed by atoms with Gasteiger partial charge in [0.1, 0.15) is 18.4 Å². The molecule has 206 valence electrons. The minimum atomic E-state index is -0.967. The number of hydrogen-bond acceptors (Lipinski definition) is 6. The second-order valence-corrected chi connectivity index (χ2v) is 10.1. The van der Waals surface area contributed by atoms with Gasteiger partial charge in [-0.05, 0) is 51.0 Å². The zero-order valence-electron chi connectivity index (χ0n) is 22.8. The number of hydrogen-bond donors (Lipinski definition) is 1. The van der Waals surface area contributed by atoms with E-state index < -0.39 is 12.1 Å². The molecule has 0 bridgehead atoms. The Morgan fingerprint density at radius 3 is 2.62 bits per heavy atom. The number of fused-ring (bicyclic) bond motifs is 1. The number of nitrogens with one attached hydrogen (secondary N) is 1. The van der Waals surface area contributed by atoms with Gasteiger partial charge >= 0.3 is 0 Å². The molecule has 9 heteroatoms. The van der Waals surface area contributed by atoms with E-state index in [1.54, 1.807) is 29.1 Å². The van der Waals surface area contributed by atoms with Gasteiger partial charge in [-0.1, -0.05) is 37.5 Å². The first-order valence-electron chi connectivity index (χ1n) is 13.7. The molecule has 2 amide bonds. The van der Waals surface area contributed by atoms with Crippen LogP contribution in [-0.4, -0.2) is 47.0 Å². The molecule has 1 aromatic heterocycles. The van der Waals surface area contributed by atoms with Gasteiger partial charge in [0.15, 0.2) is 11.5 Å². The monoisotopic (exact) mass is 532 g/mol. The Morgan fingerprint density at radius 1 is 1.13 bits per heavy atom. The van der Waals surface area contributed by atoms with E-state index in [1.165, 1.54) is 11.3 Å². The van der Waals surface area contributed by atoms with E-state index >= 15 is 0 Å². The number of para-hydroxylation sites is 2. The third kappa shape index (κ3) is 5.87. The number of aryl methyl sites for hydroxylation is 2. The SMILES string of the molecule is CCOc1cccc(N(C(=O)[C@@H]2COc3ccccc3O2)[C@H](C(=O)NC2CCCCC2)c2cn(C)nc2C)c1. The predicted molar refractivity (Wildman–Crippen MR) is 147 cm³/mol. The van der Waals surface area contributed by atoms with Crippen LogP contribution in [0.3, 0.4) is 0 Å². The lowest BCUT2D eigenvalue weighted by Gasteiger charge is -2.36. The number of ether oxygens (including phenoxy) is 3. The number of benzene rings is 2. The topological polar surface area (TPSA) is 94.9 Å². The smallest absolute Gasteiger partial charge is 0.272 e. The summed E-state index contributed by atoms with van der Waals surface area (Å²) in [6.45, 7) is 4.26. The minimum Gasteiger partial charge on any atom is -0.494 e. The molecule has 39 heavy (non-hydrogen) atoms. The third-order valence-corrected chi connectivity index (χ3v) is 7.23. The van der Waals surface area contributed by atoms with Crippen LogP contribution in [0.2, 0.25) is 0 Å². The number of carbonyl (C=O) groups excluding carboxylic acids is 2. The molecule has 2 aromatic carbocycles. The Kier molecular flexibility index (Phi) is 8.05. The fraction of sp³-hybridized carbons (Fsp3) is 0.433. The largest absolute Gasteiger partial charge is 0.494 e. The highest BCUT2D eigenvalue weighted by molar-refractivity contribution is 6.04. The predicted octanol–water partition coefficient (Wildman–Crippen LogP) is 4.49. The second-order valence-electron chi connectivity index (χ2n) is 10.1. The molecule has 1 aliphatic heterocycles. The van der Waals surface area contributed by atoms with Gasteiger partial charge in [0.25, 0.3) is 5.91 Å². The average Bonchev–Trinajstić information content (AvgIpc) is 3.28. The van der Waals surface area contributed by atoms with Crippen molar-refractivity contribution in [2.75, 3.05) is 18.1 Å². The van der Waals surface area contributed by atoms with Gasteiger partial charge in [0.05, 0.1) is 12.3 Å². The second kappa shape index (κ2) is 11.8. The number of aromatic nitrogens is 2. The average molecular weight is 533 g/mol. The maximum absolute atomic E-state index is 14.4. The normalized spacial score (nSPS) is 17.8. The Hall–Kier alpha value is -4.01. The summed E-state index contributed by atoms with van der Waals surface area (Å²) in [5.41, 5.74) is 1.85. The molecular weight excluding hydrogens is 496 g/mol. The Morgan fingerprint density at radius 2 is 1.90 bits per heavy atom. The van der Waals surface area contributed by atoms with Crippen LogP contribution in [0, 0.1) is 6.92 Å². The van der Waals surface area contributed by atoms with E-state index in [1.807, 2.05) is 51.2 Å².